The number of anilines is 1. The van der Waals surface area contributed by atoms with Crippen LogP contribution in [0.5, 0.6) is 5.75 Å². The van der Waals surface area contributed by atoms with Gasteiger partial charge in [-0.3, -0.25) is 9.78 Å². The van der Waals surface area contributed by atoms with Crippen molar-refractivity contribution in [1.82, 2.24) is 10.3 Å². The number of halogens is 1. The Bertz CT molecular complexity index is 1110. The smallest absolute Gasteiger partial charge is 0.330 e. The van der Waals surface area contributed by atoms with Crippen LogP contribution in [0.25, 0.3) is 10.8 Å². The molecule has 0 aliphatic carbocycles. The van der Waals surface area contributed by atoms with Gasteiger partial charge in [0.2, 0.25) is 0 Å². The standard InChI is InChI=1S/C20H14ClN3O3/c21-13-5-6-17-15(9-13)20(7-8-27-17)18(25)24(19(26)23-20)16-11-22-10-12-3-1-2-4-14(12)16/h1-6,9-11H,7-8H2,(H,23,26)/t20-/m1/s1. The van der Waals surface area contributed by atoms with Crippen molar-refractivity contribution in [2.24, 2.45) is 0 Å². The number of carbonyl (C=O) groups excluding carboxylic acids is 2. The van der Waals surface area contributed by atoms with Crippen LogP contribution in [0.1, 0.15) is 12.0 Å². The summed E-state index contributed by atoms with van der Waals surface area (Å²) in [5, 5.41) is 5.00. The van der Waals surface area contributed by atoms with Crippen LogP contribution >= 0.6 is 11.6 Å². The SMILES string of the molecule is O=C1N[C@@]2(CCOc3ccc(Cl)cc32)C(=O)N1c1cncc2ccccc12. The summed E-state index contributed by atoms with van der Waals surface area (Å²) < 4.78 is 5.67. The lowest BCUT2D eigenvalue weighted by atomic mass is 9.84. The molecule has 1 atom stereocenters. The van der Waals surface area contributed by atoms with E-state index in [0.717, 1.165) is 10.8 Å². The van der Waals surface area contributed by atoms with E-state index in [4.69, 9.17) is 16.3 Å². The molecule has 0 saturated carbocycles. The van der Waals surface area contributed by atoms with E-state index in [9.17, 15) is 9.59 Å². The maximum absolute atomic E-state index is 13.5. The van der Waals surface area contributed by atoms with E-state index in [1.807, 2.05) is 24.3 Å². The van der Waals surface area contributed by atoms with Crippen LogP contribution in [-0.4, -0.2) is 23.5 Å². The van der Waals surface area contributed by atoms with Crippen molar-refractivity contribution >= 4 is 40.0 Å². The highest BCUT2D eigenvalue weighted by atomic mass is 35.5. The lowest BCUT2D eigenvalue weighted by Crippen LogP contribution is -2.47. The van der Waals surface area contributed by atoms with Crippen molar-refractivity contribution in [2.75, 3.05) is 11.5 Å². The van der Waals surface area contributed by atoms with Gasteiger partial charge in [0, 0.05) is 34.0 Å². The number of imide groups is 1. The van der Waals surface area contributed by atoms with E-state index in [-0.39, 0.29) is 5.91 Å². The number of benzene rings is 2. The average molecular weight is 380 g/mol. The zero-order chi connectivity index (χ0) is 18.6. The van der Waals surface area contributed by atoms with E-state index in [2.05, 4.69) is 10.3 Å². The maximum Gasteiger partial charge on any atom is 0.330 e. The topological polar surface area (TPSA) is 71.5 Å². The molecule has 0 unspecified atom stereocenters. The fraction of sp³-hybridized carbons (Fsp3) is 0.150. The summed E-state index contributed by atoms with van der Waals surface area (Å²) in [5.74, 6) is 0.203. The van der Waals surface area contributed by atoms with Crippen molar-refractivity contribution in [3.05, 3.63) is 65.4 Å². The summed E-state index contributed by atoms with van der Waals surface area (Å²) in [7, 11) is 0. The molecule has 1 fully saturated rings. The van der Waals surface area contributed by atoms with Crippen LogP contribution < -0.4 is 15.0 Å². The van der Waals surface area contributed by atoms with Gasteiger partial charge in [0.05, 0.1) is 18.5 Å². The second kappa shape index (κ2) is 5.69. The van der Waals surface area contributed by atoms with E-state index in [1.165, 1.54) is 11.1 Å². The molecule has 0 bridgehead atoms. The van der Waals surface area contributed by atoms with Gasteiger partial charge in [-0.1, -0.05) is 35.9 Å². The Morgan fingerprint density at radius 3 is 2.89 bits per heavy atom. The minimum absolute atomic E-state index is 0.322. The molecule has 134 valence electrons. The highest BCUT2D eigenvalue weighted by Crippen LogP contribution is 2.44. The predicted octanol–water partition coefficient (Wildman–Crippen LogP) is 3.62. The number of ether oxygens (including phenoxy) is 1. The number of urea groups is 1. The highest BCUT2D eigenvalue weighted by Gasteiger charge is 2.55. The van der Waals surface area contributed by atoms with Crippen LogP contribution in [0, 0.1) is 0 Å². The number of rotatable bonds is 1. The third kappa shape index (κ3) is 2.23. The van der Waals surface area contributed by atoms with Gasteiger partial charge in [-0.25, -0.2) is 9.69 Å². The van der Waals surface area contributed by atoms with E-state index in [0.29, 0.717) is 35.1 Å². The molecule has 2 aliphatic rings. The largest absolute Gasteiger partial charge is 0.493 e. The quantitative estimate of drug-likeness (QED) is 0.655. The molecule has 1 spiro atoms. The van der Waals surface area contributed by atoms with Gasteiger partial charge in [-0.05, 0) is 18.2 Å². The van der Waals surface area contributed by atoms with Gasteiger partial charge in [0.1, 0.15) is 5.75 Å². The number of hydrogen-bond donors (Lipinski definition) is 1. The Morgan fingerprint density at radius 1 is 1.15 bits per heavy atom. The van der Waals surface area contributed by atoms with Crippen LogP contribution in [-0.2, 0) is 10.3 Å². The van der Waals surface area contributed by atoms with Gasteiger partial charge in [0.15, 0.2) is 5.54 Å². The Labute approximate surface area is 159 Å². The maximum atomic E-state index is 13.5. The highest BCUT2D eigenvalue weighted by molar-refractivity contribution is 6.31. The number of nitrogens with one attached hydrogen (secondary N) is 1. The summed E-state index contributed by atoms with van der Waals surface area (Å²) in [6, 6.07) is 12.1. The van der Waals surface area contributed by atoms with Gasteiger partial charge < -0.3 is 10.1 Å². The minimum Gasteiger partial charge on any atom is -0.493 e. The molecule has 1 saturated heterocycles. The summed E-state index contributed by atoms with van der Waals surface area (Å²) in [6.45, 7) is 0.322. The summed E-state index contributed by atoms with van der Waals surface area (Å²) in [4.78, 5) is 31.8. The number of pyridine rings is 1. The number of hydrogen-bond acceptors (Lipinski definition) is 4. The Morgan fingerprint density at radius 2 is 2.00 bits per heavy atom. The summed E-state index contributed by atoms with van der Waals surface area (Å²) in [5.41, 5.74) is -0.148. The Kier molecular flexibility index (Phi) is 3.39. The Hall–Kier alpha value is -3.12. The van der Waals surface area contributed by atoms with Crippen LogP contribution in [0.3, 0.4) is 0 Å². The monoisotopic (exact) mass is 379 g/mol. The molecule has 1 aromatic heterocycles. The normalized spacial score (nSPS) is 21.3. The molecule has 3 aromatic rings. The van der Waals surface area contributed by atoms with E-state index in [1.54, 1.807) is 24.4 Å². The van der Waals surface area contributed by atoms with Gasteiger partial charge in [-0.2, -0.15) is 0 Å². The fourth-order valence-electron chi connectivity index (χ4n) is 3.83. The number of fused-ring (bicyclic) bond motifs is 3. The van der Waals surface area contributed by atoms with Crippen LogP contribution in [0.15, 0.2) is 54.9 Å². The first-order chi connectivity index (χ1) is 13.1. The van der Waals surface area contributed by atoms with Crippen LogP contribution in [0.4, 0.5) is 10.5 Å². The zero-order valence-corrected chi connectivity index (χ0v) is 14.9. The third-order valence-electron chi connectivity index (χ3n) is 5.12. The second-order valence-electron chi connectivity index (χ2n) is 6.59. The molecule has 3 heterocycles. The molecule has 2 aliphatic heterocycles. The average Bonchev–Trinajstić information content (AvgIpc) is 2.92. The lowest BCUT2D eigenvalue weighted by Gasteiger charge is -2.33. The van der Waals surface area contributed by atoms with Crippen molar-refractivity contribution in [3.63, 3.8) is 0 Å². The molecule has 1 N–H and O–H groups in total. The minimum atomic E-state index is -1.19. The van der Waals surface area contributed by atoms with Crippen molar-refractivity contribution < 1.29 is 14.3 Å². The number of carbonyl (C=O) groups is 2. The first kappa shape index (κ1) is 16.1. The van der Waals surface area contributed by atoms with Crippen LogP contribution in [0.2, 0.25) is 5.02 Å². The summed E-state index contributed by atoms with van der Waals surface area (Å²) in [6.07, 6.45) is 3.58. The second-order valence-corrected chi connectivity index (χ2v) is 7.03. The first-order valence-corrected chi connectivity index (χ1v) is 8.90. The molecule has 0 radical (unpaired) electrons. The van der Waals surface area contributed by atoms with Crippen molar-refractivity contribution in [1.29, 1.82) is 0 Å². The molecular formula is C20H14ClN3O3. The predicted molar refractivity (Wildman–Crippen MR) is 101 cm³/mol. The first-order valence-electron chi connectivity index (χ1n) is 8.52. The van der Waals surface area contributed by atoms with Gasteiger partial charge in [-0.15, -0.1) is 0 Å². The van der Waals surface area contributed by atoms with Gasteiger partial charge in [0.25, 0.3) is 5.91 Å². The lowest BCUT2D eigenvalue weighted by molar-refractivity contribution is -0.123. The summed E-state index contributed by atoms with van der Waals surface area (Å²) >= 11 is 6.15. The molecule has 7 heteroatoms. The molecule has 6 nitrogen and oxygen atoms in total. The van der Waals surface area contributed by atoms with E-state index >= 15 is 0 Å². The third-order valence-corrected chi connectivity index (χ3v) is 5.35. The number of amides is 3. The molecule has 27 heavy (non-hydrogen) atoms. The zero-order valence-electron chi connectivity index (χ0n) is 14.1. The van der Waals surface area contributed by atoms with Crippen molar-refractivity contribution in [3.8, 4) is 5.75 Å². The fourth-order valence-corrected chi connectivity index (χ4v) is 4.01. The Balaban J connectivity index is 1.68. The molecule has 3 amide bonds. The number of nitrogens with zero attached hydrogens (tertiary/aromatic N) is 2. The van der Waals surface area contributed by atoms with E-state index < -0.39 is 11.6 Å². The molecule has 5 rings (SSSR count). The number of aromatic nitrogens is 1. The van der Waals surface area contributed by atoms with Crippen molar-refractivity contribution in [2.45, 2.75) is 12.0 Å². The molecular weight excluding hydrogens is 366 g/mol. The molecule has 2 aromatic carbocycles. The van der Waals surface area contributed by atoms with Gasteiger partial charge >= 0.3 is 6.03 Å².